The molecule has 106 valence electrons. The van der Waals surface area contributed by atoms with Crippen molar-refractivity contribution in [3.63, 3.8) is 0 Å². The number of nitrogens with one attached hydrogen (secondary N) is 1. The molecule has 1 aromatic heterocycles. The summed E-state index contributed by atoms with van der Waals surface area (Å²) in [6, 6.07) is 1.05. The lowest BCUT2D eigenvalue weighted by atomic mass is 10.0. The topological polar surface area (TPSA) is 41.1 Å². The summed E-state index contributed by atoms with van der Waals surface area (Å²) in [6.07, 6.45) is 5.81. The molecule has 0 radical (unpaired) electrons. The largest absolute Gasteiger partial charge is 0.338 e. The number of hydrogen-bond acceptors (Lipinski definition) is 4. The van der Waals surface area contributed by atoms with Crippen LogP contribution in [0.25, 0.3) is 0 Å². The van der Waals surface area contributed by atoms with Crippen molar-refractivity contribution in [3.05, 3.63) is 17.5 Å². The monoisotopic (exact) mass is 262 g/mol. The van der Waals surface area contributed by atoms with Crippen molar-refractivity contribution in [1.82, 2.24) is 15.3 Å². The van der Waals surface area contributed by atoms with Crippen LogP contribution in [-0.4, -0.2) is 28.6 Å². The molecule has 1 fully saturated rings. The van der Waals surface area contributed by atoms with Crippen LogP contribution < -0.4 is 10.2 Å². The maximum atomic E-state index is 4.70. The number of aromatic nitrogens is 2. The summed E-state index contributed by atoms with van der Waals surface area (Å²) < 4.78 is 0. The second kappa shape index (κ2) is 6.33. The Labute approximate surface area is 116 Å². The van der Waals surface area contributed by atoms with E-state index in [0.717, 1.165) is 24.7 Å². The lowest BCUT2D eigenvalue weighted by molar-refractivity contribution is 0.476. The Morgan fingerprint density at radius 2 is 2.21 bits per heavy atom. The van der Waals surface area contributed by atoms with Gasteiger partial charge in [-0.3, -0.25) is 0 Å². The van der Waals surface area contributed by atoms with Crippen LogP contribution in [-0.2, 0) is 6.54 Å². The molecule has 1 aliphatic rings. The van der Waals surface area contributed by atoms with Crippen LogP contribution in [0.5, 0.6) is 0 Å². The highest BCUT2D eigenvalue weighted by molar-refractivity contribution is 5.34. The number of piperidine rings is 1. The molecule has 1 aliphatic heterocycles. The van der Waals surface area contributed by atoms with Gasteiger partial charge in [0.1, 0.15) is 0 Å². The van der Waals surface area contributed by atoms with Crippen molar-refractivity contribution in [2.24, 2.45) is 0 Å². The van der Waals surface area contributed by atoms with Gasteiger partial charge < -0.3 is 10.2 Å². The minimum atomic E-state index is 0.487. The van der Waals surface area contributed by atoms with Gasteiger partial charge in [0, 0.05) is 42.6 Å². The van der Waals surface area contributed by atoms with E-state index in [4.69, 9.17) is 4.98 Å². The van der Waals surface area contributed by atoms with Crippen molar-refractivity contribution in [3.8, 4) is 0 Å². The second-order valence-electron chi connectivity index (χ2n) is 5.85. The zero-order valence-corrected chi connectivity index (χ0v) is 12.6. The highest BCUT2D eigenvalue weighted by Gasteiger charge is 2.21. The average Bonchev–Trinajstić information content (AvgIpc) is 2.37. The molecule has 1 atom stereocenters. The lowest BCUT2D eigenvalue weighted by Gasteiger charge is -2.33. The maximum absolute atomic E-state index is 4.70. The molecule has 1 unspecified atom stereocenters. The minimum Gasteiger partial charge on any atom is -0.338 e. The zero-order valence-electron chi connectivity index (χ0n) is 12.6. The third-order valence-corrected chi connectivity index (χ3v) is 3.83. The first-order valence-electron chi connectivity index (χ1n) is 7.40. The molecule has 0 spiro atoms. The molecule has 19 heavy (non-hydrogen) atoms. The van der Waals surface area contributed by atoms with E-state index in [9.17, 15) is 0 Å². The van der Waals surface area contributed by atoms with Crippen LogP contribution in [0.4, 0.5) is 5.95 Å². The van der Waals surface area contributed by atoms with Gasteiger partial charge in [-0.25, -0.2) is 9.97 Å². The number of hydrogen-bond donors (Lipinski definition) is 1. The number of nitrogens with zero attached hydrogens (tertiary/aromatic N) is 3. The van der Waals surface area contributed by atoms with Crippen LogP contribution >= 0.6 is 0 Å². The van der Waals surface area contributed by atoms with Crippen LogP contribution in [0.1, 0.15) is 51.3 Å². The molecule has 0 aliphatic carbocycles. The summed E-state index contributed by atoms with van der Waals surface area (Å²) in [6.45, 7) is 10.6. The quantitative estimate of drug-likeness (QED) is 0.905. The van der Waals surface area contributed by atoms with E-state index < -0.39 is 0 Å². The standard InChI is InChI=1S/C15H26N4/c1-11(2)16-9-14-10-17-15(18-13(14)4)19-8-6-5-7-12(19)3/h10-12,16H,5-9H2,1-4H3. The van der Waals surface area contributed by atoms with Crippen molar-refractivity contribution < 1.29 is 0 Å². The normalized spacial score (nSPS) is 20.1. The summed E-state index contributed by atoms with van der Waals surface area (Å²) in [5, 5.41) is 3.42. The fourth-order valence-corrected chi connectivity index (χ4v) is 2.50. The fourth-order valence-electron chi connectivity index (χ4n) is 2.50. The molecule has 1 aromatic rings. The molecule has 0 amide bonds. The molecule has 0 saturated carbocycles. The van der Waals surface area contributed by atoms with E-state index in [2.05, 4.69) is 42.9 Å². The summed E-state index contributed by atoms with van der Waals surface area (Å²) in [5.74, 6) is 0.901. The maximum Gasteiger partial charge on any atom is 0.225 e. The summed E-state index contributed by atoms with van der Waals surface area (Å²) >= 11 is 0. The number of aryl methyl sites for hydroxylation is 1. The molecular formula is C15H26N4. The summed E-state index contributed by atoms with van der Waals surface area (Å²) in [7, 11) is 0. The zero-order chi connectivity index (χ0) is 13.8. The van der Waals surface area contributed by atoms with Crippen LogP contribution in [0.15, 0.2) is 6.20 Å². The van der Waals surface area contributed by atoms with Crippen molar-refractivity contribution >= 4 is 5.95 Å². The Bertz CT molecular complexity index is 417. The van der Waals surface area contributed by atoms with E-state index in [-0.39, 0.29) is 0 Å². The number of rotatable bonds is 4. The van der Waals surface area contributed by atoms with Crippen molar-refractivity contribution in [2.45, 2.75) is 65.6 Å². The summed E-state index contributed by atoms with van der Waals surface area (Å²) in [4.78, 5) is 11.6. The molecule has 0 aromatic carbocycles. The molecular weight excluding hydrogens is 236 g/mol. The Morgan fingerprint density at radius 1 is 1.42 bits per heavy atom. The first-order chi connectivity index (χ1) is 9.08. The van der Waals surface area contributed by atoms with Crippen molar-refractivity contribution in [2.75, 3.05) is 11.4 Å². The van der Waals surface area contributed by atoms with Gasteiger partial charge >= 0.3 is 0 Å². The molecule has 1 saturated heterocycles. The molecule has 0 bridgehead atoms. The highest BCUT2D eigenvalue weighted by Crippen LogP contribution is 2.21. The van der Waals surface area contributed by atoms with Gasteiger partial charge in [-0.1, -0.05) is 13.8 Å². The third-order valence-electron chi connectivity index (χ3n) is 3.83. The molecule has 4 nitrogen and oxygen atoms in total. The molecule has 4 heteroatoms. The Balaban J connectivity index is 2.09. The highest BCUT2D eigenvalue weighted by atomic mass is 15.3. The van der Waals surface area contributed by atoms with Crippen molar-refractivity contribution in [1.29, 1.82) is 0 Å². The molecule has 2 heterocycles. The third kappa shape index (κ3) is 3.66. The van der Waals surface area contributed by atoms with E-state index in [0.29, 0.717) is 12.1 Å². The van der Waals surface area contributed by atoms with Gasteiger partial charge in [-0.05, 0) is 33.1 Å². The van der Waals surface area contributed by atoms with E-state index in [1.807, 2.05) is 6.20 Å². The van der Waals surface area contributed by atoms with Gasteiger partial charge in [0.15, 0.2) is 0 Å². The molecule has 2 rings (SSSR count). The first-order valence-corrected chi connectivity index (χ1v) is 7.40. The summed E-state index contributed by atoms with van der Waals surface area (Å²) in [5.41, 5.74) is 2.29. The van der Waals surface area contributed by atoms with Gasteiger partial charge in [0.05, 0.1) is 0 Å². The SMILES string of the molecule is Cc1nc(N2CCCCC2C)ncc1CNC(C)C. The predicted octanol–water partition coefficient (Wildman–Crippen LogP) is 2.66. The fraction of sp³-hybridized carbons (Fsp3) is 0.733. The van der Waals surface area contributed by atoms with E-state index in [1.54, 1.807) is 0 Å². The number of anilines is 1. The van der Waals surface area contributed by atoms with Gasteiger partial charge in [0.25, 0.3) is 0 Å². The minimum absolute atomic E-state index is 0.487. The van der Waals surface area contributed by atoms with E-state index in [1.165, 1.54) is 24.8 Å². The van der Waals surface area contributed by atoms with Gasteiger partial charge in [-0.2, -0.15) is 0 Å². The van der Waals surface area contributed by atoms with Gasteiger partial charge in [0.2, 0.25) is 5.95 Å². The van der Waals surface area contributed by atoms with Crippen LogP contribution in [0, 0.1) is 6.92 Å². The first kappa shape index (κ1) is 14.3. The average molecular weight is 262 g/mol. The lowest BCUT2D eigenvalue weighted by Crippen LogP contribution is -2.38. The second-order valence-corrected chi connectivity index (χ2v) is 5.85. The van der Waals surface area contributed by atoms with E-state index >= 15 is 0 Å². The smallest absolute Gasteiger partial charge is 0.225 e. The molecule has 1 N–H and O–H groups in total. The van der Waals surface area contributed by atoms with Crippen LogP contribution in [0.2, 0.25) is 0 Å². The Kier molecular flexibility index (Phi) is 4.75. The predicted molar refractivity (Wildman–Crippen MR) is 79.4 cm³/mol. The Hall–Kier alpha value is -1.16. The van der Waals surface area contributed by atoms with Crippen LogP contribution in [0.3, 0.4) is 0 Å². The van der Waals surface area contributed by atoms with Gasteiger partial charge in [-0.15, -0.1) is 0 Å². The Morgan fingerprint density at radius 3 is 2.84 bits per heavy atom.